The molecule has 1 saturated heterocycles. The maximum Gasteiger partial charge on any atom is 0.240 e. The van der Waals surface area contributed by atoms with E-state index in [4.69, 9.17) is 16.3 Å². The highest BCUT2D eigenvalue weighted by Crippen LogP contribution is 2.25. The highest BCUT2D eigenvalue weighted by Gasteiger charge is 2.32. The molecule has 1 aliphatic heterocycles. The first-order valence-corrected chi connectivity index (χ1v) is 9.41. The van der Waals surface area contributed by atoms with Crippen molar-refractivity contribution in [3.8, 4) is 0 Å². The van der Waals surface area contributed by atoms with E-state index >= 15 is 0 Å². The van der Waals surface area contributed by atoms with Crippen LogP contribution < -0.4 is 10.6 Å². The van der Waals surface area contributed by atoms with Gasteiger partial charge in [0, 0.05) is 36.9 Å². The quantitative estimate of drug-likeness (QED) is 0.676. The highest BCUT2D eigenvalue weighted by molar-refractivity contribution is 8.15. The largest absolute Gasteiger partial charge is 0.382 e. The van der Waals surface area contributed by atoms with E-state index in [-0.39, 0.29) is 18.2 Å². The Hall–Kier alpha value is -1.57. The molecule has 0 aromatic heterocycles. The van der Waals surface area contributed by atoms with Gasteiger partial charge >= 0.3 is 0 Å². The molecule has 0 aliphatic carbocycles. The summed E-state index contributed by atoms with van der Waals surface area (Å²) >= 11 is 7.34. The normalized spacial score (nSPS) is 18.4. The molecule has 1 atom stereocenters. The Bertz CT molecular complexity index is 667. The number of hydrogen-bond acceptors (Lipinski definition) is 5. The van der Waals surface area contributed by atoms with Gasteiger partial charge in [0.1, 0.15) is 5.25 Å². The Balaban J connectivity index is 1.83. The average molecular weight is 384 g/mol. The zero-order valence-electron chi connectivity index (χ0n) is 14.3. The first kappa shape index (κ1) is 19.8. The fourth-order valence-corrected chi connectivity index (χ4v) is 3.39. The van der Waals surface area contributed by atoms with Crippen LogP contribution in [0.1, 0.15) is 25.3 Å². The number of benzene rings is 1. The summed E-state index contributed by atoms with van der Waals surface area (Å²) in [5.74, 6) is -0.415. The van der Waals surface area contributed by atoms with Crippen molar-refractivity contribution in [3.05, 3.63) is 28.8 Å². The summed E-state index contributed by atoms with van der Waals surface area (Å²) in [5, 5.41) is 6.21. The fraction of sp³-hybridized carbons (Fsp3) is 0.471. The number of nitrogens with zero attached hydrogens (tertiary/aromatic N) is 1. The molecule has 0 saturated carbocycles. The van der Waals surface area contributed by atoms with Gasteiger partial charge in [-0.3, -0.25) is 14.6 Å². The number of amides is 2. The Morgan fingerprint density at radius 2 is 2.28 bits per heavy atom. The Kier molecular flexibility index (Phi) is 7.74. The van der Waals surface area contributed by atoms with Crippen LogP contribution in [0.25, 0.3) is 0 Å². The van der Waals surface area contributed by atoms with Gasteiger partial charge in [0.25, 0.3) is 0 Å². The maximum atomic E-state index is 12.2. The van der Waals surface area contributed by atoms with Gasteiger partial charge in [0.15, 0.2) is 5.17 Å². The maximum absolute atomic E-state index is 12.2. The molecule has 1 aromatic rings. The van der Waals surface area contributed by atoms with Crippen molar-refractivity contribution in [2.75, 3.05) is 25.1 Å². The van der Waals surface area contributed by atoms with Gasteiger partial charge in [-0.05, 0) is 38.0 Å². The zero-order valence-corrected chi connectivity index (χ0v) is 15.9. The lowest BCUT2D eigenvalue weighted by Gasteiger charge is -2.10. The molecule has 136 valence electrons. The lowest BCUT2D eigenvalue weighted by atomic mass is 10.2. The number of nitrogens with one attached hydrogen (secondary N) is 2. The average Bonchev–Trinajstić information content (AvgIpc) is 2.91. The van der Waals surface area contributed by atoms with Crippen LogP contribution >= 0.6 is 23.4 Å². The monoisotopic (exact) mass is 383 g/mol. The van der Waals surface area contributed by atoms with Crippen molar-refractivity contribution in [2.45, 2.75) is 31.9 Å². The summed E-state index contributed by atoms with van der Waals surface area (Å²) in [6, 6.07) is 5.32. The summed E-state index contributed by atoms with van der Waals surface area (Å²) in [7, 11) is 0. The number of halogens is 1. The predicted octanol–water partition coefficient (Wildman–Crippen LogP) is 2.99. The van der Waals surface area contributed by atoms with Crippen LogP contribution in [0.3, 0.4) is 0 Å². The number of carbonyl (C=O) groups is 2. The number of rotatable bonds is 8. The smallest absolute Gasteiger partial charge is 0.240 e. The second-order valence-electron chi connectivity index (χ2n) is 5.50. The summed E-state index contributed by atoms with van der Waals surface area (Å²) in [5.41, 5.74) is 1.46. The lowest BCUT2D eigenvalue weighted by Crippen LogP contribution is -2.28. The minimum atomic E-state index is -0.467. The number of hydrogen-bond donors (Lipinski definition) is 2. The molecule has 25 heavy (non-hydrogen) atoms. The van der Waals surface area contributed by atoms with Gasteiger partial charge in [0.05, 0.1) is 0 Å². The highest BCUT2D eigenvalue weighted by atomic mass is 35.5. The third kappa shape index (κ3) is 6.02. The van der Waals surface area contributed by atoms with E-state index in [0.29, 0.717) is 35.6 Å². The Morgan fingerprint density at radius 1 is 1.48 bits per heavy atom. The van der Waals surface area contributed by atoms with E-state index in [1.54, 1.807) is 18.2 Å². The first-order chi connectivity index (χ1) is 12.0. The molecule has 1 fully saturated rings. The standard InChI is InChI=1S/C17H22ClN3O3S/c1-3-24-9-5-8-19-17-21-16(23)14(25-17)10-15(22)20-13-7-4-6-12(18)11(13)2/h4,6-7,14H,3,5,8-10H2,1-2H3,(H,20,22)(H,19,21,23)/t14-/m1/s1. The topological polar surface area (TPSA) is 79.8 Å². The van der Waals surface area contributed by atoms with Gasteiger partial charge in [-0.25, -0.2) is 0 Å². The van der Waals surface area contributed by atoms with E-state index in [1.807, 2.05) is 13.8 Å². The second kappa shape index (κ2) is 9.79. The van der Waals surface area contributed by atoms with Crippen LogP contribution in [0, 0.1) is 6.92 Å². The van der Waals surface area contributed by atoms with Gasteiger partial charge in [-0.2, -0.15) is 0 Å². The van der Waals surface area contributed by atoms with Gasteiger partial charge in [0.2, 0.25) is 11.8 Å². The van der Waals surface area contributed by atoms with E-state index in [0.717, 1.165) is 12.0 Å². The number of anilines is 1. The number of amidine groups is 1. The van der Waals surface area contributed by atoms with Crippen molar-refractivity contribution in [3.63, 3.8) is 0 Å². The molecule has 8 heteroatoms. The van der Waals surface area contributed by atoms with Crippen LogP contribution in [0.15, 0.2) is 23.2 Å². The van der Waals surface area contributed by atoms with Crippen molar-refractivity contribution >= 4 is 46.0 Å². The molecule has 1 heterocycles. The van der Waals surface area contributed by atoms with Crippen molar-refractivity contribution < 1.29 is 14.3 Å². The van der Waals surface area contributed by atoms with Crippen LogP contribution in [0.4, 0.5) is 5.69 Å². The van der Waals surface area contributed by atoms with Crippen LogP contribution in [0.5, 0.6) is 0 Å². The van der Waals surface area contributed by atoms with Crippen molar-refractivity contribution in [1.82, 2.24) is 5.32 Å². The third-order valence-electron chi connectivity index (χ3n) is 3.60. The fourth-order valence-electron chi connectivity index (χ4n) is 2.22. The first-order valence-electron chi connectivity index (χ1n) is 8.16. The van der Waals surface area contributed by atoms with Gasteiger partial charge in [-0.15, -0.1) is 0 Å². The summed E-state index contributed by atoms with van der Waals surface area (Å²) < 4.78 is 5.24. The molecule has 0 spiro atoms. The molecule has 0 radical (unpaired) electrons. The third-order valence-corrected chi connectivity index (χ3v) is 5.12. The minimum Gasteiger partial charge on any atom is -0.382 e. The Labute approximate surface area is 156 Å². The molecule has 2 N–H and O–H groups in total. The van der Waals surface area contributed by atoms with E-state index in [1.165, 1.54) is 11.8 Å². The number of aliphatic imine (C=N–C) groups is 1. The molecule has 1 aliphatic rings. The van der Waals surface area contributed by atoms with E-state index in [9.17, 15) is 9.59 Å². The van der Waals surface area contributed by atoms with Crippen molar-refractivity contribution in [2.24, 2.45) is 4.99 Å². The molecule has 0 bridgehead atoms. The van der Waals surface area contributed by atoms with Gasteiger partial charge < -0.3 is 15.4 Å². The SMILES string of the molecule is CCOCCCN=C1NC(=O)[C@@H](CC(=O)Nc2cccc(Cl)c2C)S1. The number of thioether (sulfide) groups is 1. The van der Waals surface area contributed by atoms with E-state index < -0.39 is 5.25 Å². The molecule has 1 aromatic carbocycles. The Morgan fingerprint density at radius 3 is 3.04 bits per heavy atom. The van der Waals surface area contributed by atoms with E-state index in [2.05, 4.69) is 15.6 Å². The summed E-state index contributed by atoms with van der Waals surface area (Å²) in [6.45, 7) is 5.70. The molecular weight excluding hydrogens is 362 g/mol. The zero-order chi connectivity index (χ0) is 18.2. The molecule has 2 rings (SSSR count). The summed E-state index contributed by atoms with van der Waals surface area (Å²) in [6.07, 6.45) is 0.882. The molecular formula is C17H22ClN3O3S. The van der Waals surface area contributed by atoms with Crippen molar-refractivity contribution in [1.29, 1.82) is 0 Å². The number of carbonyl (C=O) groups excluding carboxylic acids is 2. The second-order valence-corrected chi connectivity index (χ2v) is 7.10. The minimum absolute atomic E-state index is 0.0837. The van der Waals surface area contributed by atoms with Crippen LogP contribution in [0.2, 0.25) is 5.02 Å². The summed E-state index contributed by atoms with van der Waals surface area (Å²) in [4.78, 5) is 28.5. The molecule has 2 amide bonds. The predicted molar refractivity (Wildman–Crippen MR) is 102 cm³/mol. The molecule has 6 nitrogen and oxygen atoms in total. The van der Waals surface area contributed by atoms with Crippen LogP contribution in [-0.4, -0.2) is 42.0 Å². The number of ether oxygens (including phenoxy) is 1. The lowest BCUT2D eigenvalue weighted by molar-refractivity contribution is -0.122. The van der Waals surface area contributed by atoms with Crippen LogP contribution in [-0.2, 0) is 14.3 Å². The molecule has 0 unspecified atom stereocenters. The van der Waals surface area contributed by atoms with Gasteiger partial charge in [-0.1, -0.05) is 29.4 Å².